The number of hydrogen-bond acceptors (Lipinski definition) is 2. The first kappa shape index (κ1) is 11.0. The van der Waals surface area contributed by atoms with Crippen LogP contribution in [0.15, 0.2) is 0 Å². The largest absolute Gasteiger partial charge is 0.329 e. The van der Waals surface area contributed by atoms with Crippen molar-refractivity contribution in [2.45, 2.75) is 45.6 Å². The zero-order chi connectivity index (χ0) is 9.90. The molecule has 0 atom stereocenters. The molecule has 1 saturated carbocycles. The average molecular weight is 184 g/mol. The van der Waals surface area contributed by atoms with E-state index in [4.69, 9.17) is 5.73 Å². The first-order chi connectivity index (χ1) is 6.18. The lowest BCUT2D eigenvalue weighted by atomic mass is 9.68. The zero-order valence-electron chi connectivity index (χ0n) is 9.34. The molecule has 2 N–H and O–H groups in total. The number of hydrogen-bond donors (Lipinski definition) is 1. The average Bonchev–Trinajstić information content (AvgIpc) is 2.09. The Hall–Kier alpha value is -0.0800. The van der Waals surface area contributed by atoms with Crippen LogP contribution < -0.4 is 5.73 Å². The highest BCUT2D eigenvalue weighted by molar-refractivity contribution is 5.01. The molecule has 0 amide bonds. The molecule has 0 radical (unpaired) electrons. The maximum absolute atomic E-state index is 5.90. The summed E-state index contributed by atoms with van der Waals surface area (Å²) in [6, 6.07) is 0. The van der Waals surface area contributed by atoms with Gasteiger partial charge in [0.1, 0.15) is 0 Å². The second-order valence-electron chi connectivity index (χ2n) is 4.52. The van der Waals surface area contributed by atoms with Gasteiger partial charge in [0, 0.05) is 12.1 Å². The summed E-state index contributed by atoms with van der Waals surface area (Å²) in [5, 5.41) is 0. The van der Waals surface area contributed by atoms with E-state index in [0.29, 0.717) is 5.54 Å². The third-order valence-electron chi connectivity index (χ3n) is 3.38. The third-order valence-corrected chi connectivity index (χ3v) is 3.38. The van der Waals surface area contributed by atoms with Crippen molar-refractivity contribution in [3.63, 3.8) is 0 Å². The Morgan fingerprint density at radius 2 is 2.00 bits per heavy atom. The molecular formula is C11H24N2. The highest BCUT2D eigenvalue weighted by Gasteiger charge is 2.44. The van der Waals surface area contributed by atoms with Gasteiger partial charge in [0.25, 0.3) is 0 Å². The van der Waals surface area contributed by atoms with E-state index in [-0.39, 0.29) is 0 Å². The van der Waals surface area contributed by atoms with Crippen molar-refractivity contribution in [1.82, 2.24) is 4.90 Å². The minimum absolute atomic E-state index is 0.365. The van der Waals surface area contributed by atoms with Gasteiger partial charge in [0.15, 0.2) is 0 Å². The summed E-state index contributed by atoms with van der Waals surface area (Å²) in [5.41, 5.74) is 6.26. The Bertz CT molecular complexity index is 150. The van der Waals surface area contributed by atoms with Crippen molar-refractivity contribution >= 4 is 0 Å². The molecule has 2 nitrogen and oxygen atoms in total. The Morgan fingerprint density at radius 3 is 2.31 bits per heavy atom. The molecule has 0 heterocycles. The van der Waals surface area contributed by atoms with Gasteiger partial charge in [-0.2, -0.15) is 0 Å². The van der Waals surface area contributed by atoms with Gasteiger partial charge in [-0.05, 0) is 38.3 Å². The highest BCUT2D eigenvalue weighted by atomic mass is 15.2. The molecule has 0 bridgehead atoms. The zero-order valence-corrected chi connectivity index (χ0v) is 9.34. The van der Waals surface area contributed by atoms with Gasteiger partial charge in [0.05, 0.1) is 0 Å². The van der Waals surface area contributed by atoms with E-state index < -0.39 is 0 Å². The summed E-state index contributed by atoms with van der Waals surface area (Å²) in [6.07, 6.45) is 3.85. The molecule has 13 heavy (non-hydrogen) atoms. The molecule has 0 saturated heterocycles. The van der Waals surface area contributed by atoms with E-state index >= 15 is 0 Å². The van der Waals surface area contributed by atoms with Crippen molar-refractivity contribution in [3.05, 3.63) is 0 Å². The van der Waals surface area contributed by atoms with Crippen LogP contribution in [0.4, 0.5) is 0 Å². The van der Waals surface area contributed by atoms with E-state index in [1.165, 1.54) is 25.8 Å². The summed E-state index contributed by atoms with van der Waals surface area (Å²) in [6.45, 7) is 10.0. The SMILES string of the molecule is CCCN(CC)C1(CN)CC(C)C1. The lowest BCUT2D eigenvalue weighted by Crippen LogP contribution is -2.61. The molecule has 0 aromatic rings. The van der Waals surface area contributed by atoms with Crippen molar-refractivity contribution < 1.29 is 0 Å². The fourth-order valence-corrected chi connectivity index (χ4v) is 2.79. The van der Waals surface area contributed by atoms with Gasteiger partial charge < -0.3 is 5.73 Å². The van der Waals surface area contributed by atoms with Crippen LogP contribution in [0.2, 0.25) is 0 Å². The summed E-state index contributed by atoms with van der Waals surface area (Å²) in [4.78, 5) is 2.58. The van der Waals surface area contributed by atoms with Gasteiger partial charge >= 0.3 is 0 Å². The highest BCUT2D eigenvalue weighted by Crippen LogP contribution is 2.41. The van der Waals surface area contributed by atoms with Gasteiger partial charge in [-0.1, -0.05) is 20.8 Å². The van der Waals surface area contributed by atoms with E-state index in [0.717, 1.165) is 19.0 Å². The lowest BCUT2D eigenvalue weighted by Gasteiger charge is -2.53. The Morgan fingerprint density at radius 1 is 1.38 bits per heavy atom. The van der Waals surface area contributed by atoms with Gasteiger partial charge in [-0.15, -0.1) is 0 Å². The molecule has 1 aliphatic carbocycles. The normalized spacial score (nSPS) is 33.5. The van der Waals surface area contributed by atoms with Crippen LogP contribution in [0.25, 0.3) is 0 Å². The standard InChI is InChI=1S/C11H24N2/c1-4-6-13(5-2)11(9-12)7-10(3)8-11/h10H,4-9,12H2,1-3H3. The van der Waals surface area contributed by atoms with Crippen molar-refractivity contribution in [2.75, 3.05) is 19.6 Å². The molecule has 1 rings (SSSR count). The number of rotatable bonds is 5. The maximum Gasteiger partial charge on any atom is 0.0336 e. The van der Waals surface area contributed by atoms with Crippen LogP contribution in [0.5, 0.6) is 0 Å². The van der Waals surface area contributed by atoms with Gasteiger partial charge in [-0.3, -0.25) is 4.90 Å². The van der Waals surface area contributed by atoms with Crippen LogP contribution in [-0.2, 0) is 0 Å². The van der Waals surface area contributed by atoms with E-state index in [9.17, 15) is 0 Å². The smallest absolute Gasteiger partial charge is 0.0336 e. The van der Waals surface area contributed by atoms with Crippen LogP contribution >= 0.6 is 0 Å². The van der Waals surface area contributed by atoms with Crippen LogP contribution in [0, 0.1) is 5.92 Å². The second kappa shape index (κ2) is 4.43. The Balaban J connectivity index is 2.53. The van der Waals surface area contributed by atoms with E-state index in [1.54, 1.807) is 0 Å². The third kappa shape index (κ3) is 2.05. The van der Waals surface area contributed by atoms with Crippen molar-refractivity contribution in [2.24, 2.45) is 11.7 Å². The summed E-state index contributed by atoms with van der Waals surface area (Å²) in [5.74, 6) is 0.884. The molecule has 0 unspecified atom stereocenters. The molecule has 2 heteroatoms. The van der Waals surface area contributed by atoms with Crippen molar-refractivity contribution in [3.8, 4) is 0 Å². The minimum Gasteiger partial charge on any atom is -0.329 e. The lowest BCUT2D eigenvalue weighted by molar-refractivity contribution is -0.00923. The fraction of sp³-hybridized carbons (Fsp3) is 1.00. The van der Waals surface area contributed by atoms with E-state index in [2.05, 4.69) is 25.7 Å². The first-order valence-corrected chi connectivity index (χ1v) is 5.63. The van der Waals surface area contributed by atoms with Crippen LogP contribution in [0.3, 0.4) is 0 Å². The minimum atomic E-state index is 0.365. The van der Waals surface area contributed by atoms with E-state index in [1.807, 2.05) is 0 Å². The molecule has 0 aromatic carbocycles. The topological polar surface area (TPSA) is 29.3 Å². The molecule has 0 aromatic heterocycles. The predicted octanol–water partition coefficient (Wildman–Crippen LogP) is 1.85. The summed E-state index contributed by atoms with van der Waals surface area (Å²) in [7, 11) is 0. The quantitative estimate of drug-likeness (QED) is 0.706. The van der Waals surface area contributed by atoms with Crippen LogP contribution in [-0.4, -0.2) is 30.1 Å². The molecule has 78 valence electrons. The van der Waals surface area contributed by atoms with Gasteiger partial charge in [0.2, 0.25) is 0 Å². The number of likely N-dealkylation sites (N-methyl/N-ethyl adjacent to an activating group) is 1. The number of nitrogens with two attached hydrogens (primary N) is 1. The Kier molecular flexibility index (Phi) is 3.74. The fourth-order valence-electron chi connectivity index (χ4n) is 2.79. The first-order valence-electron chi connectivity index (χ1n) is 5.63. The van der Waals surface area contributed by atoms with Crippen molar-refractivity contribution in [1.29, 1.82) is 0 Å². The predicted molar refractivity (Wildman–Crippen MR) is 57.7 cm³/mol. The van der Waals surface area contributed by atoms with Crippen LogP contribution in [0.1, 0.15) is 40.0 Å². The number of nitrogens with zero attached hydrogens (tertiary/aromatic N) is 1. The molecule has 0 spiro atoms. The molecule has 0 aliphatic heterocycles. The summed E-state index contributed by atoms with van der Waals surface area (Å²) < 4.78 is 0. The Labute approximate surface area is 82.5 Å². The summed E-state index contributed by atoms with van der Waals surface area (Å²) >= 11 is 0. The monoisotopic (exact) mass is 184 g/mol. The maximum atomic E-state index is 5.90. The molecule has 1 fully saturated rings. The second-order valence-corrected chi connectivity index (χ2v) is 4.52. The molecule has 1 aliphatic rings. The van der Waals surface area contributed by atoms with Gasteiger partial charge in [-0.25, -0.2) is 0 Å². The molecular weight excluding hydrogens is 160 g/mol.